The van der Waals surface area contributed by atoms with Crippen LogP contribution in [0.25, 0.3) is 0 Å². The van der Waals surface area contributed by atoms with Crippen molar-refractivity contribution in [2.75, 3.05) is 32.9 Å². The molecular weight excluding hydrogens is 215 g/mol. The Balaban J connectivity index is 1.72. The van der Waals surface area contributed by atoms with Crippen LogP contribution in [0.2, 0.25) is 0 Å². The van der Waals surface area contributed by atoms with Crippen molar-refractivity contribution in [3.05, 3.63) is 0 Å². The van der Waals surface area contributed by atoms with E-state index in [-0.39, 0.29) is 6.67 Å². The van der Waals surface area contributed by atoms with Gasteiger partial charge in [-0.05, 0) is 77.0 Å². The van der Waals surface area contributed by atoms with Crippen LogP contribution in [0.4, 0.5) is 4.39 Å². The Kier molecular flexibility index (Phi) is 5.72. The van der Waals surface area contributed by atoms with Crippen molar-refractivity contribution in [3.63, 3.8) is 0 Å². The van der Waals surface area contributed by atoms with Gasteiger partial charge in [0.05, 0.1) is 6.67 Å². The predicted molar refractivity (Wildman–Crippen MR) is 70.0 cm³/mol. The summed E-state index contributed by atoms with van der Waals surface area (Å²) in [5, 5.41) is 3.53. The largest absolute Gasteiger partial charge is 0.316 e. The van der Waals surface area contributed by atoms with E-state index in [9.17, 15) is 4.39 Å². The molecule has 1 N–H and O–H groups in total. The topological polar surface area (TPSA) is 15.3 Å². The van der Waals surface area contributed by atoms with Crippen LogP contribution in [-0.2, 0) is 0 Å². The fourth-order valence-electron chi connectivity index (χ4n) is 3.46. The molecule has 2 heterocycles. The van der Waals surface area contributed by atoms with Gasteiger partial charge in [0.2, 0.25) is 0 Å². The molecule has 17 heavy (non-hydrogen) atoms. The second kappa shape index (κ2) is 7.32. The summed E-state index contributed by atoms with van der Waals surface area (Å²) in [5.41, 5.74) is 0. The van der Waals surface area contributed by atoms with Gasteiger partial charge in [-0.15, -0.1) is 0 Å². The molecule has 0 radical (unpaired) electrons. The van der Waals surface area contributed by atoms with E-state index < -0.39 is 0 Å². The van der Waals surface area contributed by atoms with Crippen LogP contribution in [-0.4, -0.2) is 43.8 Å². The zero-order valence-corrected chi connectivity index (χ0v) is 11.0. The molecule has 0 saturated carbocycles. The van der Waals surface area contributed by atoms with E-state index in [1.165, 1.54) is 58.3 Å². The van der Waals surface area contributed by atoms with Crippen molar-refractivity contribution in [1.29, 1.82) is 0 Å². The van der Waals surface area contributed by atoms with Crippen molar-refractivity contribution < 1.29 is 4.39 Å². The quantitative estimate of drug-likeness (QED) is 0.720. The first-order valence-electron chi connectivity index (χ1n) is 7.42. The van der Waals surface area contributed by atoms with Crippen LogP contribution in [0, 0.1) is 5.92 Å². The van der Waals surface area contributed by atoms with Gasteiger partial charge in [-0.3, -0.25) is 4.39 Å². The maximum absolute atomic E-state index is 12.0. The molecule has 0 spiro atoms. The molecule has 2 fully saturated rings. The fourth-order valence-corrected chi connectivity index (χ4v) is 3.46. The molecule has 0 amide bonds. The summed E-state index contributed by atoms with van der Waals surface area (Å²) in [5.74, 6) is 0.868. The molecule has 2 aliphatic heterocycles. The molecule has 0 aromatic rings. The van der Waals surface area contributed by atoms with E-state index in [4.69, 9.17) is 0 Å². The summed E-state index contributed by atoms with van der Waals surface area (Å²) in [6, 6.07) is 0.813. The average Bonchev–Trinajstić information content (AvgIpc) is 2.84. The van der Waals surface area contributed by atoms with Gasteiger partial charge in [0.1, 0.15) is 0 Å². The lowest BCUT2D eigenvalue weighted by Gasteiger charge is -2.34. The highest BCUT2D eigenvalue weighted by Gasteiger charge is 2.31. The van der Waals surface area contributed by atoms with Crippen molar-refractivity contribution in [3.8, 4) is 0 Å². The van der Waals surface area contributed by atoms with Crippen LogP contribution in [0.1, 0.15) is 44.9 Å². The number of hydrogen-bond donors (Lipinski definition) is 1. The Morgan fingerprint density at radius 3 is 2.82 bits per heavy atom. The number of hydrogen-bond acceptors (Lipinski definition) is 2. The molecule has 0 aromatic carbocycles. The van der Waals surface area contributed by atoms with E-state index in [1.54, 1.807) is 0 Å². The predicted octanol–water partition coefficient (Wildman–Crippen LogP) is 2.59. The minimum absolute atomic E-state index is 0.143. The smallest absolute Gasteiger partial charge is 0.0894 e. The van der Waals surface area contributed by atoms with E-state index in [0.717, 1.165) is 24.8 Å². The summed E-state index contributed by atoms with van der Waals surface area (Å²) in [6.45, 7) is 4.75. The van der Waals surface area contributed by atoms with Gasteiger partial charge >= 0.3 is 0 Å². The SMILES string of the molecule is FCCCCCN1CCCC1C1CCCNC1. The number of alkyl halides is 1. The van der Waals surface area contributed by atoms with E-state index >= 15 is 0 Å². The third-order valence-corrected chi connectivity index (χ3v) is 4.37. The zero-order valence-electron chi connectivity index (χ0n) is 11.0. The molecular formula is C14H27FN2. The summed E-state index contributed by atoms with van der Waals surface area (Å²) < 4.78 is 12.0. The Morgan fingerprint density at radius 2 is 2.06 bits per heavy atom. The van der Waals surface area contributed by atoms with Crippen molar-refractivity contribution >= 4 is 0 Å². The highest BCUT2D eigenvalue weighted by Crippen LogP contribution is 2.28. The highest BCUT2D eigenvalue weighted by molar-refractivity contribution is 4.87. The summed E-state index contributed by atoms with van der Waals surface area (Å²) in [4.78, 5) is 2.68. The molecule has 2 rings (SSSR count). The minimum atomic E-state index is -0.143. The first kappa shape index (κ1) is 13.3. The van der Waals surface area contributed by atoms with Gasteiger partial charge in [-0.1, -0.05) is 0 Å². The molecule has 100 valence electrons. The maximum Gasteiger partial charge on any atom is 0.0894 e. The number of piperidine rings is 1. The maximum atomic E-state index is 12.0. The van der Waals surface area contributed by atoms with Crippen molar-refractivity contribution in [2.45, 2.75) is 51.0 Å². The third-order valence-electron chi connectivity index (χ3n) is 4.37. The third kappa shape index (κ3) is 3.92. The lowest BCUT2D eigenvalue weighted by molar-refractivity contribution is 0.163. The van der Waals surface area contributed by atoms with Crippen molar-refractivity contribution in [2.24, 2.45) is 5.92 Å². The van der Waals surface area contributed by atoms with Gasteiger partial charge in [-0.2, -0.15) is 0 Å². The van der Waals surface area contributed by atoms with E-state index in [0.29, 0.717) is 0 Å². The first-order chi connectivity index (χ1) is 8.42. The van der Waals surface area contributed by atoms with Gasteiger partial charge in [-0.25, -0.2) is 0 Å². The molecule has 0 bridgehead atoms. The van der Waals surface area contributed by atoms with Gasteiger partial charge in [0.15, 0.2) is 0 Å². The Bertz CT molecular complexity index is 204. The fraction of sp³-hybridized carbons (Fsp3) is 1.00. The number of rotatable bonds is 6. The average molecular weight is 242 g/mol. The Labute approximate surface area is 105 Å². The standard InChI is InChI=1S/C14H27FN2/c15-8-2-1-3-10-17-11-5-7-14(17)13-6-4-9-16-12-13/h13-14,16H,1-12H2. The molecule has 0 aliphatic carbocycles. The second-order valence-corrected chi connectivity index (χ2v) is 5.60. The van der Waals surface area contributed by atoms with Crippen LogP contribution in [0.5, 0.6) is 0 Å². The van der Waals surface area contributed by atoms with Gasteiger partial charge < -0.3 is 10.2 Å². The number of likely N-dealkylation sites (tertiary alicyclic amines) is 1. The number of nitrogens with zero attached hydrogens (tertiary/aromatic N) is 1. The lowest BCUT2D eigenvalue weighted by atomic mass is 9.90. The molecule has 3 heteroatoms. The van der Waals surface area contributed by atoms with Crippen LogP contribution in [0.3, 0.4) is 0 Å². The lowest BCUT2D eigenvalue weighted by Crippen LogP contribution is -2.43. The van der Waals surface area contributed by atoms with Gasteiger partial charge in [0.25, 0.3) is 0 Å². The molecule has 2 atom stereocenters. The van der Waals surface area contributed by atoms with Crippen LogP contribution in [0.15, 0.2) is 0 Å². The number of halogens is 1. The summed E-state index contributed by atoms with van der Waals surface area (Å²) in [7, 11) is 0. The first-order valence-corrected chi connectivity index (χ1v) is 7.42. The highest BCUT2D eigenvalue weighted by atomic mass is 19.1. The minimum Gasteiger partial charge on any atom is -0.316 e. The molecule has 2 nitrogen and oxygen atoms in total. The number of unbranched alkanes of at least 4 members (excludes halogenated alkanes) is 2. The van der Waals surface area contributed by atoms with E-state index in [1.807, 2.05) is 0 Å². The monoisotopic (exact) mass is 242 g/mol. The summed E-state index contributed by atoms with van der Waals surface area (Å²) in [6.07, 6.45) is 8.49. The Hall–Kier alpha value is -0.150. The van der Waals surface area contributed by atoms with E-state index in [2.05, 4.69) is 10.2 Å². The second-order valence-electron chi connectivity index (χ2n) is 5.60. The summed E-state index contributed by atoms with van der Waals surface area (Å²) >= 11 is 0. The molecule has 2 aliphatic rings. The molecule has 2 unspecified atom stereocenters. The molecule has 2 saturated heterocycles. The number of nitrogens with one attached hydrogen (secondary N) is 1. The normalized spacial score (nSPS) is 30.9. The Morgan fingerprint density at radius 1 is 1.12 bits per heavy atom. The van der Waals surface area contributed by atoms with Crippen LogP contribution >= 0.6 is 0 Å². The zero-order chi connectivity index (χ0) is 11.9. The van der Waals surface area contributed by atoms with Gasteiger partial charge in [0, 0.05) is 6.04 Å². The van der Waals surface area contributed by atoms with Crippen LogP contribution < -0.4 is 5.32 Å². The molecule has 0 aromatic heterocycles. The van der Waals surface area contributed by atoms with Crippen molar-refractivity contribution in [1.82, 2.24) is 10.2 Å².